The lowest BCUT2D eigenvalue weighted by atomic mass is 9.65. The number of rotatable bonds is 7. The van der Waals surface area contributed by atoms with Crippen molar-refractivity contribution in [2.45, 2.75) is 44.7 Å². The van der Waals surface area contributed by atoms with Gasteiger partial charge in [0, 0.05) is 20.9 Å². The molecule has 0 aliphatic heterocycles. The number of hydrogen-bond donors (Lipinski definition) is 0. The van der Waals surface area contributed by atoms with Crippen molar-refractivity contribution in [1.29, 1.82) is 0 Å². The van der Waals surface area contributed by atoms with Crippen molar-refractivity contribution in [3.63, 3.8) is 0 Å². The first-order chi connectivity index (χ1) is 13.8. The predicted molar refractivity (Wildman–Crippen MR) is 112 cm³/mol. The molecular formula is C21H21Br2F6N. The molecule has 0 bridgehead atoms. The lowest BCUT2D eigenvalue weighted by Gasteiger charge is -2.42. The largest absolute Gasteiger partial charge is 0.467 e. The highest BCUT2D eigenvalue weighted by Crippen LogP contribution is 2.45. The Morgan fingerprint density at radius 1 is 0.833 bits per heavy atom. The molecule has 0 saturated carbocycles. The van der Waals surface area contributed by atoms with E-state index in [1.54, 1.807) is 62.4 Å². The molecule has 1 nitrogen and oxygen atoms in total. The van der Waals surface area contributed by atoms with Gasteiger partial charge in [-0.1, -0.05) is 76.4 Å². The zero-order valence-corrected chi connectivity index (χ0v) is 19.5. The fraction of sp³-hybridized carbons (Fsp3) is 0.429. The lowest BCUT2D eigenvalue weighted by molar-refractivity contribution is -0.376. The Bertz CT molecular complexity index is 790. The second kappa shape index (κ2) is 9.61. The molecule has 0 aliphatic rings. The molecular weight excluding hydrogens is 540 g/mol. The third kappa shape index (κ3) is 5.79. The standard InChI is InChI=1S/C21H21Br2F6N/c1-3-6-16(13-30(20(24,25)26)21(27,28)29)19(2,14-7-4-9-17(22)11-14)15-8-5-10-18(23)12-15/h4-5,7-12,16H,3,6,13H2,1-2H3. The van der Waals surface area contributed by atoms with Crippen LogP contribution in [0.2, 0.25) is 0 Å². The van der Waals surface area contributed by atoms with E-state index in [2.05, 4.69) is 31.9 Å². The molecule has 1 atom stereocenters. The van der Waals surface area contributed by atoms with Crippen LogP contribution in [0.15, 0.2) is 57.5 Å². The van der Waals surface area contributed by atoms with Gasteiger partial charge >= 0.3 is 12.6 Å². The van der Waals surface area contributed by atoms with Crippen molar-refractivity contribution in [3.8, 4) is 0 Å². The molecule has 0 heterocycles. The van der Waals surface area contributed by atoms with E-state index in [1.165, 1.54) is 0 Å². The van der Waals surface area contributed by atoms with Crippen molar-refractivity contribution in [3.05, 3.63) is 68.6 Å². The molecule has 0 radical (unpaired) electrons. The van der Waals surface area contributed by atoms with Crippen molar-refractivity contribution in [2.24, 2.45) is 5.92 Å². The van der Waals surface area contributed by atoms with Gasteiger partial charge in [0.15, 0.2) is 0 Å². The van der Waals surface area contributed by atoms with E-state index in [9.17, 15) is 26.3 Å². The fourth-order valence-electron chi connectivity index (χ4n) is 3.74. The number of halogens is 8. The third-order valence-corrected chi connectivity index (χ3v) is 6.30. The van der Waals surface area contributed by atoms with E-state index in [4.69, 9.17) is 0 Å². The summed E-state index contributed by atoms with van der Waals surface area (Å²) in [6, 6.07) is 13.9. The summed E-state index contributed by atoms with van der Waals surface area (Å²) in [4.78, 5) is -1.31. The number of benzene rings is 2. The smallest absolute Gasteiger partial charge is 0.155 e. The normalized spacial score (nSPS) is 14.2. The van der Waals surface area contributed by atoms with Gasteiger partial charge in [0.2, 0.25) is 0 Å². The van der Waals surface area contributed by atoms with E-state index in [0.717, 1.165) is 0 Å². The summed E-state index contributed by atoms with van der Waals surface area (Å²) >= 11 is 6.73. The average molecular weight is 561 g/mol. The van der Waals surface area contributed by atoms with Crippen LogP contribution in [0.25, 0.3) is 0 Å². The zero-order chi connectivity index (χ0) is 22.7. The quantitative estimate of drug-likeness (QED) is 0.243. The number of alkyl halides is 6. The minimum absolute atomic E-state index is 0.179. The highest BCUT2D eigenvalue weighted by atomic mass is 79.9. The third-order valence-electron chi connectivity index (χ3n) is 5.32. The molecule has 0 N–H and O–H groups in total. The van der Waals surface area contributed by atoms with Gasteiger partial charge in [-0.05, 0) is 47.7 Å². The molecule has 0 fully saturated rings. The highest BCUT2D eigenvalue weighted by molar-refractivity contribution is 9.10. The Kier molecular flexibility index (Phi) is 8.07. The average Bonchev–Trinajstić information content (AvgIpc) is 2.62. The fourth-order valence-corrected chi connectivity index (χ4v) is 4.54. The van der Waals surface area contributed by atoms with Crippen LogP contribution >= 0.6 is 31.9 Å². The van der Waals surface area contributed by atoms with Crippen molar-refractivity contribution in [1.82, 2.24) is 4.90 Å². The van der Waals surface area contributed by atoms with Crippen molar-refractivity contribution in [2.75, 3.05) is 6.54 Å². The molecule has 2 rings (SSSR count). The highest BCUT2D eigenvalue weighted by Gasteiger charge is 2.55. The zero-order valence-electron chi connectivity index (χ0n) is 16.3. The minimum Gasteiger partial charge on any atom is -0.155 e. The molecule has 0 aromatic heterocycles. The maximum Gasteiger partial charge on any atom is 0.467 e. The topological polar surface area (TPSA) is 3.24 Å². The van der Waals surface area contributed by atoms with Crippen LogP contribution in [0.5, 0.6) is 0 Å². The molecule has 0 saturated heterocycles. The summed E-state index contributed by atoms with van der Waals surface area (Å²) in [5.74, 6) is -0.964. The van der Waals surface area contributed by atoms with Gasteiger partial charge in [0.25, 0.3) is 0 Å². The Balaban J connectivity index is 2.69. The number of hydrogen-bond acceptors (Lipinski definition) is 1. The maximum absolute atomic E-state index is 13.3. The summed E-state index contributed by atoms with van der Waals surface area (Å²) < 4.78 is 81.4. The second-order valence-electron chi connectivity index (χ2n) is 7.25. The Hall–Kier alpha value is -1.06. The molecule has 166 valence electrons. The van der Waals surface area contributed by atoms with Gasteiger partial charge < -0.3 is 0 Å². The summed E-state index contributed by atoms with van der Waals surface area (Å²) in [6.07, 6.45) is -10.4. The molecule has 0 amide bonds. The molecule has 1 unspecified atom stereocenters. The Morgan fingerprint density at radius 2 is 1.27 bits per heavy atom. The van der Waals surface area contributed by atoms with Crippen LogP contribution < -0.4 is 0 Å². The number of nitrogens with zero attached hydrogens (tertiary/aromatic N) is 1. The van der Waals surface area contributed by atoms with E-state index in [0.29, 0.717) is 26.5 Å². The lowest BCUT2D eigenvalue weighted by Crippen LogP contribution is -2.53. The molecule has 0 aliphatic carbocycles. The van der Waals surface area contributed by atoms with Crippen LogP contribution in [-0.4, -0.2) is 24.0 Å². The van der Waals surface area contributed by atoms with Crippen LogP contribution in [0.1, 0.15) is 37.8 Å². The van der Waals surface area contributed by atoms with Gasteiger partial charge in [-0.25, -0.2) is 0 Å². The summed E-state index contributed by atoms with van der Waals surface area (Å²) in [5, 5.41) is 0. The van der Waals surface area contributed by atoms with Crippen LogP contribution in [0.3, 0.4) is 0 Å². The molecule has 2 aromatic rings. The van der Waals surface area contributed by atoms with E-state index in [1.807, 2.05) is 0 Å². The van der Waals surface area contributed by atoms with Gasteiger partial charge in [-0.2, -0.15) is 26.3 Å². The monoisotopic (exact) mass is 559 g/mol. The Morgan fingerprint density at radius 3 is 1.60 bits per heavy atom. The summed E-state index contributed by atoms with van der Waals surface area (Å²) in [5.41, 5.74) is 0.175. The van der Waals surface area contributed by atoms with Crippen molar-refractivity contribution < 1.29 is 26.3 Å². The maximum atomic E-state index is 13.3. The van der Waals surface area contributed by atoms with Crippen LogP contribution in [-0.2, 0) is 5.41 Å². The molecule has 9 heteroatoms. The predicted octanol–water partition coefficient (Wildman–Crippen LogP) is 8.28. The molecule has 30 heavy (non-hydrogen) atoms. The SMILES string of the molecule is CCCC(CN(C(F)(F)F)C(F)(F)F)C(C)(c1cccc(Br)c1)c1cccc(Br)c1. The van der Waals surface area contributed by atoms with E-state index < -0.39 is 35.4 Å². The second-order valence-corrected chi connectivity index (χ2v) is 9.09. The van der Waals surface area contributed by atoms with Gasteiger partial charge in [0.1, 0.15) is 0 Å². The summed E-state index contributed by atoms with van der Waals surface area (Å²) in [6.45, 7) is 2.26. The molecule has 0 spiro atoms. The first-order valence-electron chi connectivity index (χ1n) is 9.23. The molecule has 2 aromatic carbocycles. The van der Waals surface area contributed by atoms with Crippen LogP contribution in [0, 0.1) is 5.92 Å². The van der Waals surface area contributed by atoms with Crippen molar-refractivity contribution >= 4 is 31.9 Å². The van der Waals surface area contributed by atoms with Gasteiger partial charge in [0.05, 0.1) is 0 Å². The van der Waals surface area contributed by atoms with E-state index >= 15 is 0 Å². The first-order valence-corrected chi connectivity index (χ1v) is 10.8. The van der Waals surface area contributed by atoms with E-state index in [-0.39, 0.29) is 6.42 Å². The van der Waals surface area contributed by atoms with Crippen LogP contribution in [0.4, 0.5) is 26.3 Å². The minimum atomic E-state index is -5.53. The summed E-state index contributed by atoms with van der Waals surface area (Å²) in [7, 11) is 0. The Labute approximate surface area is 188 Å². The van der Waals surface area contributed by atoms with Gasteiger partial charge in [-0.3, -0.25) is 0 Å². The first kappa shape index (κ1) is 25.2. The van der Waals surface area contributed by atoms with Gasteiger partial charge in [-0.15, -0.1) is 4.90 Å².